The number of hydrogen-bond acceptors (Lipinski definition) is 6. The molecule has 5 rings (SSSR count). The minimum absolute atomic E-state index is 0.156. The van der Waals surface area contributed by atoms with Crippen LogP contribution in [0.15, 0.2) is 82.2 Å². The van der Waals surface area contributed by atoms with Crippen LogP contribution in [0, 0.1) is 5.92 Å². The van der Waals surface area contributed by atoms with Gasteiger partial charge < -0.3 is 9.26 Å². The molecule has 1 aliphatic heterocycles. The molecule has 0 saturated carbocycles. The molecule has 1 aromatic heterocycles. The average Bonchev–Trinajstić information content (AvgIpc) is 3.35. The van der Waals surface area contributed by atoms with Crippen LogP contribution >= 0.6 is 0 Å². The van der Waals surface area contributed by atoms with Crippen LogP contribution in [-0.4, -0.2) is 24.2 Å². The van der Waals surface area contributed by atoms with E-state index < -0.39 is 21.7 Å². The Hall–Kier alpha value is -3.49. The molecule has 0 spiro atoms. The van der Waals surface area contributed by atoms with E-state index in [1.807, 2.05) is 88.4 Å². The van der Waals surface area contributed by atoms with Crippen LogP contribution in [0.5, 0.6) is 5.75 Å². The first kappa shape index (κ1) is 25.2. The van der Waals surface area contributed by atoms with Gasteiger partial charge >= 0.3 is 0 Å². The SMILES string of the molecule is CCc1ccc(S(=O)(=O)N[C@@H]2c3cc(-c4nc(Cc5ccccc5)no4)ccc3OC(C)(C)[C@H]2C)cc1. The summed E-state index contributed by atoms with van der Waals surface area (Å²) in [5.41, 5.74) is 3.03. The van der Waals surface area contributed by atoms with E-state index in [1.54, 1.807) is 12.1 Å². The highest BCUT2D eigenvalue weighted by Gasteiger charge is 2.43. The maximum atomic E-state index is 13.4. The van der Waals surface area contributed by atoms with Crippen molar-refractivity contribution in [2.45, 2.75) is 57.1 Å². The number of nitrogens with one attached hydrogen (secondary N) is 1. The molecule has 7 nitrogen and oxygen atoms in total. The Morgan fingerprint density at radius 1 is 0.973 bits per heavy atom. The van der Waals surface area contributed by atoms with Gasteiger partial charge in [-0.15, -0.1) is 0 Å². The molecule has 3 aromatic carbocycles. The minimum atomic E-state index is -3.78. The second-order valence-corrected chi connectivity index (χ2v) is 11.7. The molecule has 0 unspecified atom stereocenters. The predicted molar refractivity (Wildman–Crippen MR) is 142 cm³/mol. The van der Waals surface area contributed by atoms with Crippen molar-refractivity contribution in [3.05, 3.63) is 95.3 Å². The summed E-state index contributed by atoms with van der Waals surface area (Å²) in [4.78, 5) is 4.82. The van der Waals surface area contributed by atoms with Gasteiger partial charge in [-0.1, -0.05) is 61.5 Å². The topological polar surface area (TPSA) is 94.3 Å². The summed E-state index contributed by atoms with van der Waals surface area (Å²) in [7, 11) is -3.78. The van der Waals surface area contributed by atoms with Crippen molar-refractivity contribution in [3.63, 3.8) is 0 Å². The van der Waals surface area contributed by atoms with Crippen molar-refractivity contribution in [3.8, 4) is 17.2 Å². The van der Waals surface area contributed by atoms with E-state index in [2.05, 4.69) is 14.9 Å². The maximum absolute atomic E-state index is 13.4. The summed E-state index contributed by atoms with van der Waals surface area (Å²) >= 11 is 0. The summed E-state index contributed by atoms with van der Waals surface area (Å²) in [6.07, 6.45) is 1.40. The largest absolute Gasteiger partial charge is 0.487 e. The van der Waals surface area contributed by atoms with Gasteiger partial charge in [0.1, 0.15) is 11.4 Å². The molecule has 2 atom stereocenters. The lowest BCUT2D eigenvalue weighted by atomic mass is 9.80. The number of hydrogen-bond donors (Lipinski definition) is 1. The summed E-state index contributed by atoms with van der Waals surface area (Å²) in [5, 5.41) is 4.14. The van der Waals surface area contributed by atoms with E-state index in [4.69, 9.17) is 9.26 Å². The lowest BCUT2D eigenvalue weighted by Gasteiger charge is -2.43. The predicted octanol–water partition coefficient (Wildman–Crippen LogP) is 5.72. The molecule has 0 bridgehead atoms. The molecule has 0 fully saturated rings. The quantitative estimate of drug-likeness (QED) is 0.337. The van der Waals surface area contributed by atoms with Crippen LogP contribution in [-0.2, 0) is 22.9 Å². The fraction of sp³-hybridized carbons (Fsp3) is 0.310. The van der Waals surface area contributed by atoms with Crippen LogP contribution in [0.25, 0.3) is 11.5 Å². The van der Waals surface area contributed by atoms with Gasteiger partial charge in [-0.05, 0) is 61.7 Å². The van der Waals surface area contributed by atoms with Crippen molar-refractivity contribution in [1.82, 2.24) is 14.9 Å². The first-order chi connectivity index (χ1) is 17.7. The van der Waals surface area contributed by atoms with E-state index in [9.17, 15) is 8.42 Å². The van der Waals surface area contributed by atoms with E-state index in [0.29, 0.717) is 29.4 Å². The molecule has 0 saturated heterocycles. The number of rotatable bonds is 7. The molecule has 8 heteroatoms. The number of benzene rings is 3. The minimum Gasteiger partial charge on any atom is -0.487 e. The highest BCUT2D eigenvalue weighted by Crippen LogP contribution is 2.45. The van der Waals surface area contributed by atoms with Gasteiger partial charge in [0.2, 0.25) is 10.0 Å². The lowest BCUT2D eigenvalue weighted by molar-refractivity contribution is 0.0167. The Bertz CT molecular complexity index is 1500. The number of sulfonamides is 1. The third-order valence-electron chi connectivity index (χ3n) is 7.16. The zero-order valence-corrected chi connectivity index (χ0v) is 22.2. The van der Waals surface area contributed by atoms with Crippen molar-refractivity contribution in [2.75, 3.05) is 0 Å². The van der Waals surface area contributed by atoms with Gasteiger partial charge in [0.05, 0.1) is 10.9 Å². The molecule has 0 radical (unpaired) electrons. The molecule has 0 amide bonds. The van der Waals surface area contributed by atoms with Gasteiger partial charge in [-0.2, -0.15) is 4.98 Å². The standard InChI is InChI=1S/C29H31N3O4S/c1-5-20-11-14-23(15-12-20)37(33,34)32-27-19(2)29(3,4)35-25-16-13-22(18-24(25)27)28-30-26(31-36-28)17-21-9-7-6-8-10-21/h6-16,18-19,27,32H,5,17H2,1-4H3/t19-,27-/m0/s1. The summed E-state index contributed by atoms with van der Waals surface area (Å²) in [5.74, 6) is 1.43. The molecule has 192 valence electrons. The maximum Gasteiger partial charge on any atom is 0.257 e. The molecule has 4 aromatic rings. The number of nitrogens with zero attached hydrogens (tertiary/aromatic N) is 2. The molecule has 1 aliphatic rings. The van der Waals surface area contributed by atoms with Crippen LogP contribution in [0.3, 0.4) is 0 Å². The Morgan fingerprint density at radius 3 is 2.41 bits per heavy atom. The highest BCUT2D eigenvalue weighted by atomic mass is 32.2. The zero-order chi connectivity index (χ0) is 26.2. The number of ether oxygens (including phenoxy) is 1. The second kappa shape index (κ2) is 9.76. The normalized spacial score (nSPS) is 18.7. The Kier molecular flexibility index (Phi) is 6.64. The van der Waals surface area contributed by atoms with Gasteiger partial charge in [-0.25, -0.2) is 13.1 Å². The van der Waals surface area contributed by atoms with Crippen molar-refractivity contribution in [2.24, 2.45) is 5.92 Å². The van der Waals surface area contributed by atoms with Crippen molar-refractivity contribution >= 4 is 10.0 Å². The van der Waals surface area contributed by atoms with E-state index in [1.165, 1.54) is 0 Å². The first-order valence-electron chi connectivity index (χ1n) is 12.5. The highest BCUT2D eigenvalue weighted by molar-refractivity contribution is 7.89. The molecular weight excluding hydrogens is 486 g/mol. The van der Waals surface area contributed by atoms with E-state index in [-0.39, 0.29) is 10.8 Å². The molecule has 37 heavy (non-hydrogen) atoms. The van der Waals surface area contributed by atoms with Gasteiger partial charge in [-0.3, -0.25) is 0 Å². The van der Waals surface area contributed by atoms with E-state index >= 15 is 0 Å². The number of fused-ring (bicyclic) bond motifs is 1. The van der Waals surface area contributed by atoms with E-state index in [0.717, 1.165) is 23.1 Å². The average molecular weight is 518 g/mol. The van der Waals surface area contributed by atoms with Crippen LogP contribution in [0.1, 0.15) is 56.3 Å². The summed E-state index contributed by atoms with van der Waals surface area (Å²) in [6.45, 7) is 7.98. The Morgan fingerprint density at radius 2 is 1.70 bits per heavy atom. The lowest BCUT2D eigenvalue weighted by Crippen LogP contribution is -2.48. The monoisotopic (exact) mass is 517 g/mol. The third-order valence-corrected chi connectivity index (χ3v) is 8.62. The van der Waals surface area contributed by atoms with Gasteiger partial charge in [0.25, 0.3) is 5.89 Å². The Labute approximate surface area is 217 Å². The van der Waals surface area contributed by atoms with Crippen LogP contribution < -0.4 is 9.46 Å². The zero-order valence-electron chi connectivity index (χ0n) is 21.4. The molecule has 0 aliphatic carbocycles. The van der Waals surface area contributed by atoms with Crippen LogP contribution in [0.4, 0.5) is 0 Å². The molecular formula is C29H31N3O4S. The fourth-order valence-corrected chi connectivity index (χ4v) is 5.89. The number of aromatic nitrogens is 2. The van der Waals surface area contributed by atoms with Gasteiger partial charge in [0.15, 0.2) is 5.82 Å². The second-order valence-electron chi connectivity index (χ2n) is 10.0. The molecule has 2 heterocycles. The summed E-state index contributed by atoms with van der Waals surface area (Å²) in [6, 6.07) is 22.0. The van der Waals surface area contributed by atoms with Crippen molar-refractivity contribution in [1.29, 1.82) is 0 Å². The first-order valence-corrected chi connectivity index (χ1v) is 14.0. The molecule has 1 N–H and O–H groups in total. The fourth-order valence-electron chi connectivity index (χ4n) is 4.59. The van der Waals surface area contributed by atoms with Crippen LogP contribution in [0.2, 0.25) is 0 Å². The number of aryl methyl sites for hydroxylation is 1. The Balaban J connectivity index is 1.47. The van der Waals surface area contributed by atoms with Crippen molar-refractivity contribution < 1.29 is 17.7 Å². The third kappa shape index (κ3) is 5.17. The van der Waals surface area contributed by atoms with Gasteiger partial charge in [0, 0.05) is 23.5 Å². The summed E-state index contributed by atoms with van der Waals surface area (Å²) < 4.78 is 41.6. The smallest absolute Gasteiger partial charge is 0.257 e.